The second kappa shape index (κ2) is 25.6. The van der Waals surface area contributed by atoms with Crippen LogP contribution in [0.1, 0.15) is 63.1 Å². The zero-order valence-corrected chi connectivity index (χ0v) is 36.5. The van der Waals surface area contributed by atoms with Crippen LogP contribution in [0.3, 0.4) is 0 Å². The van der Waals surface area contributed by atoms with Crippen molar-refractivity contribution in [3.05, 3.63) is 89.5 Å². The number of aliphatic carboxylic acids is 1. The van der Waals surface area contributed by atoms with Crippen LogP contribution in [-0.4, -0.2) is 105 Å². The third-order valence-electron chi connectivity index (χ3n) is 10.3. The van der Waals surface area contributed by atoms with Gasteiger partial charge in [0.1, 0.15) is 47.8 Å². The number of nitrogens with one attached hydrogen (secondary N) is 6. The number of carbonyl (C=O) groups is 7. The highest BCUT2D eigenvalue weighted by Gasteiger charge is 2.35. The standard InChI is InChI=1S/C44H60N8O10S/c1-4-25(2)38(52-42(59)37(24-63)47-26(3)53)43(60)50-35(21-27-8-14-30(46)15-9-27)40(57)48-33(7-5-6-20-45)39(56)49-34(22-28-10-16-31(54)17-11-28)41(58)51-36(44(61)62)23-29-12-18-32(55)19-13-29/h8-19,25,33-38,54-55,63H,4-7,20-24,45-46H2,1-3H3,(H,47,53)(H,48,57)(H,49,56)(H,50,60)(H,51,58)(H,52,59)(H,61,62)/t25?,33-,34-,35-,36-,37-,38-/m0/s1. The highest BCUT2D eigenvalue weighted by molar-refractivity contribution is 7.80. The Labute approximate surface area is 372 Å². The van der Waals surface area contributed by atoms with Gasteiger partial charge in [-0.3, -0.25) is 28.8 Å². The summed E-state index contributed by atoms with van der Waals surface area (Å²) in [5, 5.41) is 45.4. The van der Waals surface area contributed by atoms with Crippen LogP contribution in [0, 0.1) is 5.92 Å². The molecule has 63 heavy (non-hydrogen) atoms. The molecule has 0 aromatic heterocycles. The van der Waals surface area contributed by atoms with Crippen LogP contribution in [-0.2, 0) is 52.8 Å². The molecular formula is C44H60N8O10S. The number of benzene rings is 3. The monoisotopic (exact) mass is 892 g/mol. The van der Waals surface area contributed by atoms with Crippen molar-refractivity contribution in [2.45, 2.75) is 102 Å². The van der Waals surface area contributed by atoms with E-state index in [-0.39, 0.29) is 49.5 Å². The third kappa shape index (κ3) is 17.2. The number of phenols is 2. The van der Waals surface area contributed by atoms with Gasteiger partial charge in [-0.2, -0.15) is 12.6 Å². The predicted octanol–water partition coefficient (Wildman–Crippen LogP) is 0.826. The normalized spacial score (nSPS) is 14.3. The van der Waals surface area contributed by atoms with E-state index < -0.39 is 83.6 Å². The first-order valence-electron chi connectivity index (χ1n) is 20.7. The first-order chi connectivity index (χ1) is 29.9. The zero-order valence-electron chi connectivity index (χ0n) is 35.6. The fourth-order valence-corrected chi connectivity index (χ4v) is 6.74. The number of unbranched alkanes of at least 4 members (excludes halogenated alkanes) is 1. The van der Waals surface area contributed by atoms with Gasteiger partial charge in [-0.05, 0) is 84.8 Å². The molecule has 19 heteroatoms. The average molecular weight is 893 g/mol. The van der Waals surface area contributed by atoms with Crippen LogP contribution >= 0.6 is 12.6 Å². The summed E-state index contributed by atoms with van der Waals surface area (Å²) in [7, 11) is 0. The lowest BCUT2D eigenvalue weighted by atomic mass is 9.96. The maximum Gasteiger partial charge on any atom is 0.326 e. The third-order valence-corrected chi connectivity index (χ3v) is 10.7. The molecule has 0 saturated heterocycles. The summed E-state index contributed by atoms with van der Waals surface area (Å²) < 4.78 is 0. The fraction of sp³-hybridized carbons (Fsp3) is 0.432. The van der Waals surface area contributed by atoms with E-state index in [0.717, 1.165) is 0 Å². The number of carboxylic acids is 1. The van der Waals surface area contributed by atoms with Gasteiger partial charge in [-0.25, -0.2) is 4.79 Å². The molecule has 0 aliphatic carbocycles. The van der Waals surface area contributed by atoms with Gasteiger partial charge in [-0.15, -0.1) is 0 Å². The molecule has 0 heterocycles. The second-order valence-electron chi connectivity index (χ2n) is 15.4. The van der Waals surface area contributed by atoms with E-state index in [1.54, 1.807) is 31.2 Å². The molecule has 1 unspecified atom stereocenters. The summed E-state index contributed by atoms with van der Waals surface area (Å²) >= 11 is 4.17. The van der Waals surface area contributed by atoms with E-state index in [1.165, 1.54) is 55.5 Å². The number of hydrogen-bond donors (Lipinski definition) is 12. The van der Waals surface area contributed by atoms with Crippen molar-refractivity contribution in [3.8, 4) is 11.5 Å². The van der Waals surface area contributed by atoms with Crippen LogP contribution in [0.5, 0.6) is 11.5 Å². The number of carboxylic acid groups (broad SMARTS) is 1. The molecule has 18 nitrogen and oxygen atoms in total. The lowest BCUT2D eigenvalue weighted by molar-refractivity contribution is -0.142. The molecule has 3 aromatic carbocycles. The molecule has 0 radical (unpaired) electrons. The van der Waals surface area contributed by atoms with Crippen LogP contribution < -0.4 is 43.4 Å². The van der Waals surface area contributed by atoms with E-state index in [9.17, 15) is 48.9 Å². The lowest BCUT2D eigenvalue weighted by Crippen LogP contribution is -2.61. The largest absolute Gasteiger partial charge is 0.508 e. The Morgan fingerprint density at radius 2 is 1.00 bits per heavy atom. The van der Waals surface area contributed by atoms with Crippen LogP contribution in [0.15, 0.2) is 72.8 Å². The summed E-state index contributed by atoms with van der Waals surface area (Å²) in [5.74, 6) is -6.14. The van der Waals surface area contributed by atoms with Crippen LogP contribution in [0.25, 0.3) is 0 Å². The maximum atomic E-state index is 14.3. The van der Waals surface area contributed by atoms with Crippen LogP contribution in [0.4, 0.5) is 5.69 Å². The Morgan fingerprint density at radius 3 is 1.44 bits per heavy atom. The van der Waals surface area contributed by atoms with Gasteiger partial charge in [0.05, 0.1) is 0 Å². The number of carbonyl (C=O) groups excluding carboxylic acids is 6. The molecule has 0 aliphatic heterocycles. The summed E-state index contributed by atoms with van der Waals surface area (Å²) in [5.41, 5.74) is 13.7. The predicted molar refractivity (Wildman–Crippen MR) is 239 cm³/mol. The molecule has 6 amide bonds. The van der Waals surface area contributed by atoms with Gasteiger partial charge in [0, 0.05) is 37.6 Å². The number of thiol groups is 1. The number of rotatable bonds is 25. The molecule has 0 spiro atoms. The average Bonchev–Trinajstić information content (AvgIpc) is 3.25. The Bertz CT molecular complexity index is 2000. The molecule has 0 aliphatic rings. The minimum Gasteiger partial charge on any atom is -0.508 e. The first-order valence-corrected chi connectivity index (χ1v) is 21.3. The quantitative estimate of drug-likeness (QED) is 0.0320. The van der Waals surface area contributed by atoms with E-state index in [0.29, 0.717) is 41.6 Å². The van der Waals surface area contributed by atoms with Crippen molar-refractivity contribution >= 4 is 59.7 Å². The lowest BCUT2D eigenvalue weighted by Gasteiger charge is -2.29. The van der Waals surface area contributed by atoms with E-state index >= 15 is 0 Å². The molecule has 0 bridgehead atoms. The van der Waals surface area contributed by atoms with Crippen molar-refractivity contribution in [3.63, 3.8) is 0 Å². The summed E-state index contributed by atoms with van der Waals surface area (Å²) in [6, 6.07) is 10.6. The van der Waals surface area contributed by atoms with Crippen molar-refractivity contribution in [2.24, 2.45) is 11.7 Å². The van der Waals surface area contributed by atoms with Gasteiger partial charge < -0.3 is 58.7 Å². The fourth-order valence-electron chi connectivity index (χ4n) is 6.48. The number of anilines is 1. The maximum absolute atomic E-state index is 14.3. The number of phenolic OH excluding ortho intramolecular Hbond substituents is 2. The summed E-state index contributed by atoms with van der Waals surface area (Å²) in [4.78, 5) is 93.8. The first kappa shape index (κ1) is 51.0. The molecule has 7 atom stereocenters. The summed E-state index contributed by atoms with van der Waals surface area (Å²) in [6.45, 7) is 5.08. The highest BCUT2D eigenvalue weighted by atomic mass is 32.1. The van der Waals surface area contributed by atoms with E-state index in [1.807, 2.05) is 6.92 Å². The number of hydrogen-bond acceptors (Lipinski definition) is 12. The molecular weight excluding hydrogens is 833 g/mol. The van der Waals surface area contributed by atoms with Crippen LogP contribution in [0.2, 0.25) is 0 Å². The van der Waals surface area contributed by atoms with Crippen molar-refractivity contribution in [2.75, 3.05) is 18.0 Å². The molecule has 3 aromatic rings. The van der Waals surface area contributed by atoms with E-state index in [4.69, 9.17) is 11.5 Å². The van der Waals surface area contributed by atoms with Crippen molar-refractivity contribution in [1.82, 2.24) is 31.9 Å². The highest BCUT2D eigenvalue weighted by Crippen LogP contribution is 2.16. The topological polar surface area (TPSA) is 304 Å². The van der Waals surface area contributed by atoms with Crippen molar-refractivity contribution < 1.29 is 48.9 Å². The Hall–Kier alpha value is -6.34. The van der Waals surface area contributed by atoms with Gasteiger partial charge >= 0.3 is 5.97 Å². The SMILES string of the molecule is CCC(C)[C@H](NC(=O)[C@H](CS)NC(C)=O)C(=O)N[C@@H](Cc1ccc(N)cc1)C(=O)N[C@@H](CCCCN)C(=O)N[C@@H](Cc1ccc(O)cc1)C(=O)N[C@@H](Cc1ccc(O)cc1)C(=O)O. The molecule has 3 rings (SSSR count). The van der Waals surface area contributed by atoms with E-state index in [2.05, 4.69) is 44.5 Å². The van der Waals surface area contributed by atoms with Gasteiger partial charge in [0.2, 0.25) is 35.4 Å². The molecule has 0 fully saturated rings. The number of aromatic hydroxyl groups is 2. The van der Waals surface area contributed by atoms with Crippen molar-refractivity contribution in [1.29, 1.82) is 0 Å². The molecule has 0 saturated carbocycles. The number of nitrogens with two attached hydrogens (primary N) is 2. The second-order valence-corrected chi connectivity index (χ2v) is 15.7. The molecule has 13 N–H and O–H groups in total. The van der Waals surface area contributed by atoms with Gasteiger partial charge in [0.25, 0.3) is 0 Å². The molecule has 342 valence electrons. The number of nitrogen functional groups attached to an aromatic ring is 1. The Morgan fingerprint density at radius 1 is 0.587 bits per heavy atom. The minimum atomic E-state index is -1.43. The zero-order chi connectivity index (χ0) is 46.6. The smallest absolute Gasteiger partial charge is 0.326 e. The number of amides is 6. The Kier molecular flexibility index (Phi) is 20.7. The minimum absolute atomic E-state index is 0.0278. The van der Waals surface area contributed by atoms with Gasteiger partial charge in [-0.1, -0.05) is 56.7 Å². The Balaban J connectivity index is 1.95. The summed E-state index contributed by atoms with van der Waals surface area (Å²) in [6.07, 6.45) is 1.00. The van der Waals surface area contributed by atoms with Gasteiger partial charge in [0.15, 0.2) is 0 Å².